The van der Waals surface area contributed by atoms with E-state index in [0.717, 1.165) is 17.4 Å². The maximum absolute atomic E-state index is 12.9. The average molecular weight is 292 g/mol. The van der Waals surface area contributed by atoms with Gasteiger partial charge in [-0.05, 0) is 29.6 Å². The van der Waals surface area contributed by atoms with Gasteiger partial charge in [0, 0.05) is 0 Å². The Labute approximate surface area is 107 Å². The molecule has 0 saturated carbocycles. The van der Waals surface area contributed by atoms with Gasteiger partial charge in [0.25, 0.3) is 10.0 Å². The highest BCUT2D eigenvalue weighted by atomic mass is 35.5. The second-order valence-corrected chi connectivity index (χ2v) is 6.43. The summed E-state index contributed by atoms with van der Waals surface area (Å²) in [5.74, 6) is -0.592. The first-order valence-corrected chi connectivity index (χ1v) is 7.24. The van der Waals surface area contributed by atoms with Gasteiger partial charge >= 0.3 is 0 Å². The van der Waals surface area contributed by atoms with Crippen LogP contribution in [0.3, 0.4) is 0 Å². The molecule has 0 amide bonds. The molecule has 1 aromatic heterocycles. The zero-order chi connectivity index (χ0) is 12.5. The lowest BCUT2D eigenvalue weighted by molar-refractivity contribution is 0.603. The number of benzene rings is 1. The highest BCUT2D eigenvalue weighted by Gasteiger charge is 2.15. The van der Waals surface area contributed by atoms with Crippen molar-refractivity contribution in [3.8, 4) is 0 Å². The molecule has 0 aliphatic rings. The van der Waals surface area contributed by atoms with Crippen LogP contribution in [0.25, 0.3) is 0 Å². The van der Waals surface area contributed by atoms with Gasteiger partial charge in [-0.15, -0.1) is 11.3 Å². The van der Waals surface area contributed by atoms with E-state index in [1.807, 2.05) is 0 Å². The molecule has 3 nitrogen and oxygen atoms in total. The van der Waals surface area contributed by atoms with E-state index in [4.69, 9.17) is 11.6 Å². The van der Waals surface area contributed by atoms with E-state index >= 15 is 0 Å². The van der Waals surface area contributed by atoms with Crippen LogP contribution in [0.5, 0.6) is 0 Å². The summed E-state index contributed by atoms with van der Waals surface area (Å²) in [5, 5.41) is 1.53. The van der Waals surface area contributed by atoms with E-state index < -0.39 is 15.8 Å². The second-order valence-electron chi connectivity index (χ2n) is 3.17. The highest BCUT2D eigenvalue weighted by molar-refractivity contribution is 7.94. The molecule has 0 unspecified atom stereocenters. The van der Waals surface area contributed by atoms with E-state index in [-0.39, 0.29) is 14.9 Å². The van der Waals surface area contributed by atoms with Crippen LogP contribution in [0.2, 0.25) is 5.02 Å². The molecular formula is C10H7ClFNO2S2. The van der Waals surface area contributed by atoms with Gasteiger partial charge in [-0.25, -0.2) is 12.8 Å². The van der Waals surface area contributed by atoms with Gasteiger partial charge in [-0.2, -0.15) is 0 Å². The van der Waals surface area contributed by atoms with Crippen LogP contribution < -0.4 is 4.72 Å². The number of hydrogen-bond donors (Lipinski definition) is 1. The van der Waals surface area contributed by atoms with Crippen LogP contribution in [-0.2, 0) is 10.0 Å². The lowest BCUT2D eigenvalue weighted by Crippen LogP contribution is -2.11. The molecule has 0 radical (unpaired) electrons. The number of hydrogen-bond acceptors (Lipinski definition) is 3. The Morgan fingerprint density at radius 1 is 1.29 bits per heavy atom. The number of sulfonamides is 1. The van der Waals surface area contributed by atoms with Gasteiger partial charge in [0.2, 0.25) is 0 Å². The predicted molar refractivity (Wildman–Crippen MR) is 66.5 cm³/mol. The van der Waals surface area contributed by atoms with Crippen molar-refractivity contribution in [3.63, 3.8) is 0 Å². The predicted octanol–water partition coefficient (Wildman–Crippen LogP) is 3.34. The Kier molecular flexibility index (Phi) is 3.37. The van der Waals surface area contributed by atoms with Crippen LogP contribution >= 0.6 is 22.9 Å². The number of thiophene rings is 1. The molecule has 2 rings (SSSR count). The second kappa shape index (κ2) is 4.64. The number of anilines is 1. The molecule has 0 fully saturated rings. The van der Waals surface area contributed by atoms with Gasteiger partial charge < -0.3 is 0 Å². The van der Waals surface area contributed by atoms with E-state index in [9.17, 15) is 12.8 Å². The number of rotatable bonds is 3. The standard InChI is InChI=1S/C10H7ClFNO2S2/c11-8-6-7(3-4-9(8)12)13-17(14,15)10-2-1-5-16-10/h1-6,13H. The monoisotopic (exact) mass is 291 g/mol. The maximum atomic E-state index is 12.9. The van der Waals surface area contributed by atoms with Crippen LogP contribution in [0.15, 0.2) is 39.9 Å². The molecule has 0 atom stereocenters. The van der Waals surface area contributed by atoms with E-state index in [2.05, 4.69) is 4.72 Å². The van der Waals surface area contributed by atoms with Gasteiger partial charge in [0.1, 0.15) is 10.0 Å². The molecule has 0 saturated heterocycles. The fraction of sp³-hybridized carbons (Fsp3) is 0. The van der Waals surface area contributed by atoms with Crippen molar-refractivity contribution in [2.75, 3.05) is 4.72 Å². The first kappa shape index (κ1) is 12.3. The average Bonchev–Trinajstić information content (AvgIpc) is 2.77. The summed E-state index contributed by atoms with van der Waals surface area (Å²) in [7, 11) is -3.61. The Bertz CT molecular complexity index is 626. The minimum Gasteiger partial charge on any atom is -0.279 e. The summed E-state index contributed by atoms with van der Waals surface area (Å²) in [5.41, 5.74) is 0.227. The number of halogens is 2. The summed E-state index contributed by atoms with van der Waals surface area (Å²) in [6, 6.07) is 6.76. The lowest BCUT2D eigenvalue weighted by atomic mass is 10.3. The fourth-order valence-corrected chi connectivity index (χ4v) is 3.40. The first-order valence-electron chi connectivity index (χ1n) is 4.50. The zero-order valence-electron chi connectivity index (χ0n) is 8.35. The van der Waals surface area contributed by atoms with Gasteiger partial charge in [-0.3, -0.25) is 4.72 Å². The molecule has 1 heterocycles. The quantitative estimate of drug-likeness (QED) is 0.943. The Morgan fingerprint density at radius 3 is 2.65 bits per heavy atom. The van der Waals surface area contributed by atoms with Crippen molar-refractivity contribution in [1.82, 2.24) is 0 Å². The van der Waals surface area contributed by atoms with Crippen molar-refractivity contribution in [1.29, 1.82) is 0 Å². The summed E-state index contributed by atoms with van der Waals surface area (Å²) < 4.78 is 39.1. The molecule has 90 valence electrons. The lowest BCUT2D eigenvalue weighted by Gasteiger charge is -2.06. The van der Waals surface area contributed by atoms with Crippen LogP contribution in [0.1, 0.15) is 0 Å². The first-order chi connectivity index (χ1) is 7.99. The van der Waals surface area contributed by atoms with Crippen LogP contribution in [0.4, 0.5) is 10.1 Å². The molecule has 2 aromatic rings. The highest BCUT2D eigenvalue weighted by Crippen LogP contribution is 2.23. The van der Waals surface area contributed by atoms with E-state index in [0.29, 0.717) is 0 Å². The third kappa shape index (κ3) is 2.77. The van der Waals surface area contributed by atoms with Crippen LogP contribution in [-0.4, -0.2) is 8.42 Å². The van der Waals surface area contributed by atoms with Crippen molar-refractivity contribution >= 4 is 38.6 Å². The minimum absolute atomic E-state index is 0.128. The summed E-state index contributed by atoms with van der Waals surface area (Å²) in [6.45, 7) is 0. The SMILES string of the molecule is O=S(=O)(Nc1ccc(F)c(Cl)c1)c1cccs1. The minimum atomic E-state index is -3.61. The van der Waals surface area contributed by atoms with Crippen molar-refractivity contribution < 1.29 is 12.8 Å². The molecule has 0 spiro atoms. The van der Waals surface area contributed by atoms with Crippen molar-refractivity contribution in [2.45, 2.75) is 4.21 Å². The molecule has 1 aromatic carbocycles. The smallest absolute Gasteiger partial charge is 0.271 e. The third-order valence-corrected chi connectivity index (χ3v) is 5.00. The molecule has 1 N–H and O–H groups in total. The summed E-state index contributed by atoms with van der Waals surface area (Å²) >= 11 is 6.66. The normalized spacial score (nSPS) is 11.4. The molecule has 0 bridgehead atoms. The topological polar surface area (TPSA) is 46.2 Å². The van der Waals surface area contributed by atoms with Gasteiger partial charge in [0.05, 0.1) is 10.7 Å². The van der Waals surface area contributed by atoms with E-state index in [1.165, 1.54) is 18.2 Å². The Balaban J connectivity index is 2.30. The van der Waals surface area contributed by atoms with Crippen molar-refractivity contribution in [2.24, 2.45) is 0 Å². The summed E-state index contributed by atoms with van der Waals surface area (Å²) in [6.07, 6.45) is 0. The van der Waals surface area contributed by atoms with Gasteiger partial charge in [-0.1, -0.05) is 17.7 Å². The largest absolute Gasteiger partial charge is 0.279 e. The molecular weight excluding hydrogens is 285 g/mol. The fourth-order valence-electron chi connectivity index (χ4n) is 1.18. The molecule has 0 aliphatic carbocycles. The number of nitrogens with one attached hydrogen (secondary N) is 1. The third-order valence-electron chi connectivity index (χ3n) is 1.93. The zero-order valence-corrected chi connectivity index (χ0v) is 10.7. The van der Waals surface area contributed by atoms with Crippen LogP contribution in [0, 0.1) is 5.82 Å². The summed E-state index contributed by atoms with van der Waals surface area (Å²) in [4.78, 5) is 0. The molecule has 0 aliphatic heterocycles. The molecule has 7 heteroatoms. The molecule has 17 heavy (non-hydrogen) atoms. The van der Waals surface area contributed by atoms with E-state index in [1.54, 1.807) is 11.4 Å². The van der Waals surface area contributed by atoms with Gasteiger partial charge in [0.15, 0.2) is 0 Å². The van der Waals surface area contributed by atoms with Crippen molar-refractivity contribution in [3.05, 3.63) is 46.6 Å². The maximum Gasteiger partial charge on any atom is 0.271 e. The Morgan fingerprint density at radius 2 is 2.06 bits per heavy atom. The Hall–Kier alpha value is -1.11.